The Bertz CT molecular complexity index is 1360. The molecular formula is C26H31N11O. The maximum absolute atomic E-state index is 7.45. The van der Waals surface area contributed by atoms with E-state index in [9.17, 15) is 0 Å². The minimum atomic E-state index is 0.223. The Labute approximate surface area is 221 Å². The van der Waals surface area contributed by atoms with E-state index < -0.39 is 0 Å². The van der Waals surface area contributed by atoms with Crippen molar-refractivity contribution in [2.45, 2.75) is 6.54 Å². The van der Waals surface area contributed by atoms with Crippen LogP contribution in [-0.2, 0) is 13.6 Å². The average Bonchev–Trinajstić information content (AvgIpc) is 3.39. The molecule has 1 fully saturated rings. The number of nitrogens with one attached hydrogen (secondary N) is 2. The second-order valence-electron chi connectivity index (χ2n) is 9.23. The summed E-state index contributed by atoms with van der Waals surface area (Å²) in [5.41, 5.74) is 10.8. The number of benzene rings is 1. The van der Waals surface area contributed by atoms with E-state index in [0.29, 0.717) is 36.2 Å². The van der Waals surface area contributed by atoms with Gasteiger partial charge in [-0.15, -0.1) is 5.11 Å². The van der Waals surface area contributed by atoms with E-state index in [0.717, 1.165) is 49.4 Å². The average molecular weight is 514 g/mol. The van der Waals surface area contributed by atoms with Crippen LogP contribution in [0.1, 0.15) is 5.56 Å². The molecule has 4 heterocycles. The highest BCUT2D eigenvalue weighted by Crippen LogP contribution is 2.25. The highest BCUT2D eigenvalue weighted by atomic mass is 16.5. The van der Waals surface area contributed by atoms with Crippen LogP contribution >= 0.6 is 0 Å². The first-order chi connectivity index (χ1) is 18.6. The minimum Gasteiger partial charge on any atom is -0.489 e. The van der Waals surface area contributed by atoms with Crippen LogP contribution < -0.4 is 10.1 Å². The van der Waals surface area contributed by atoms with Crippen LogP contribution in [0.15, 0.2) is 60.4 Å². The molecule has 2 N–H and O–H groups in total. The number of nitrogens with zero attached hydrogens (tertiary/aromatic N) is 9. The summed E-state index contributed by atoms with van der Waals surface area (Å²) in [6, 6.07) is 7.96. The molecule has 0 bridgehead atoms. The molecule has 0 radical (unpaired) electrons. The summed E-state index contributed by atoms with van der Waals surface area (Å²) in [6.45, 7) is 6.32. The fourth-order valence-electron chi connectivity index (χ4n) is 4.19. The first kappa shape index (κ1) is 25.4. The summed E-state index contributed by atoms with van der Waals surface area (Å²) in [4.78, 5) is 22.7. The van der Waals surface area contributed by atoms with Gasteiger partial charge in [-0.05, 0) is 18.7 Å². The smallest absolute Gasteiger partial charge is 0.216 e. The number of piperazine rings is 1. The van der Waals surface area contributed by atoms with Crippen LogP contribution in [0.5, 0.6) is 5.75 Å². The van der Waals surface area contributed by atoms with Crippen molar-refractivity contribution in [2.75, 3.05) is 51.7 Å². The second-order valence-corrected chi connectivity index (χ2v) is 9.23. The highest BCUT2D eigenvalue weighted by Gasteiger charge is 2.14. The zero-order chi connectivity index (χ0) is 26.3. The molecule has 38 heavy (non-hydrogen) atoms. The molecule has 3 aromatic heterocycles. The van der Waals surface area contributed by atoms with E-state index in [1.807, 2.05) is 37.5 Å². The van der Waals surface area contributed by atoms with Gasteiger partial charge in [0.2, 0.25) is 5.82 Å². The standard InChI is InChI=1S/C26H31N11O/c1-35-6-8-37(9-7-35)10-11-38-22-15-29-24(30-16-22)20-5-3-4-19(12-20)13-28-25-26(34-27)31-17-23(33-25)21-14-32-36(2)18-21/h3-5,12,14-18,27H,6-11,13H2,1-2H3,(H,28,33). The van der Waals surface area contributed by atoms with E-state index >= 15 is 0 Å². The molecule has 1 aliphatic rings. The lowest BCUT2D eigenvalue weighted by Gasteiger charge is -2.32. The number of hydrogen-bond acceptors (Lipinski definition) is 11. The predicted octanol–water partition coefficient (Wildman–Crippen LogP) is 3.23. The van der Waals surface area contributed by atoms with Crippen LogP contribution in [-0.4, -0.2) is 85.9 Å². The lowest BCUT2D eigenvalue weighted by atomic mass is 10.1. The molecule has 0 amide bonds. The summed E-state index contributed by atoms with van der Waals surface area (Å²) < 4.78 is 7.57. The van der Waals surface area contributed by atoms with E-state index in [1.54, 1.807) is 29.5 Å². The molecule has 12 nitrogen and oxygen atoms in total. The number of anilines is 1. The SMILES string of the molecule is CN1CCN(CCOc2cnc(-c3cccc(CNc4nc(-c5cnn(C)c5)cnc4N=N)c3)nc2)CC1. The number of aryl methyl sites for hydroxylation is 1. The Balaban J connectivity index is 1.19. The maximum atomic E-state index is 7.45. The van der Waals surface area contributed by atoms with E-state index in [-0.39, 0.29) is 5.82 Å². The first-order valence-electron chi connectivity index (χ1n) is 12.5. The summed E-state index contributed by atoms with van der Waals surface area (Å²) in [5, 5.41) is 10.9. The molecule has 0 aliphatic carbocycles. The zero-order valence-corrected chi connectivity index (χ0v) is 21.6. The van der Waals surface area contributed by atoms with Crippen molar-refractivity contribution in [1.82, 2.24) is 39.5 Å². The van der Waals surface area contributed by atoms with Crippen molar-refractivity contribution < 1.29 is 4.74 Å². The third kappa shape index (κ3) is 6.33. The Kier molecular flexibility index (Phi) is 7.90. The monoisotopic (exact) mass is 513 g/mol. The Hall–Kier alpha value is -4.29. The topological polar surface area (TPSA) is 133 Å². The quantitative estimate of drug-likeness (QED) is 0.307. The summed E-state index contributed by atoms with van der Waals surface area (Å²) >= 11 is 0. The molecular weight excluding hydrogens is 482 g/mol. The van der Waals surface area contributed by atoms with E-state index in [1.165, 1.54) is 0 Å². The van der Waals surface area contributed by atoms with Gasteiger partial charge in [0.05, 0.1) is 30.5 Å². The molecule has 1 aromatic carbocycles. The molecule has 1 aliphatic heterocycles. The highest BCUT2D eigenvalue weighted by molar-refractivity contribution is 5.64. The molecule has 5 rings (SSSR count). The number of likely N-dealkylation sites (N-methyl/N-ethyl adjacent to an activating group) is 1. The third-order valence-electron chi connectivity index (χ3n) is 6.41. The van der Waals surface area contributed by atoms with Crippen LogP contribution in [0.25, 0.3) is 22.6 Å². The number of ether oxygens (including phenoxy) is 1. The van der Waals surface area contributed by atoms with Gasteiger partial charge in [0, 0.05) is 63.6 Å². The predicted molar refractivity (Wildman–Crippen MR) is 143 cm³/mol. The van der Waals surface area contributed by atoms with Crippen LogP contribution in [0, 0.1) is 5.53 Å². The van der Waals surface area contributed by atoms with Crippen molar-refractivity contribution in [3.05, 3.63) is 60.8 Å². The Morgan fingerprint density at radius 1 is 1.00 bits per heavy atom. The van der Waals surface area contributed by atoms with Gasteiger partial charge in [-0.1, -0.05) is 18.2 Å². The van der Waals surface area contributed by atoms with Gasteiger partial charge < -0.3 is 15.0 Å². The Morgan fingerprint density at radius 3 is 2.55 bits per heavy atom. The lowest BCUT2D eigenvalue weighted by molar-refractivity contribution is 0.133. The minimum absolute atomic E-state index is 0.223. The van der Waals surface area contributed by atoms with Crippen LogP contribution in [0.3, 0.4) is 0 Å². The van der Waals surface area contributed by atoms with Gasteiger partial charge in [-0.2, -0.15) is 5.10 Å². The van der Waals surface area contributed by atoms with Crippen molar-refractivity contribution in [1.29, 1.82) is 5.53 Å². The third-order valence-corrected chi connectivity index (χ3v) is 6.41. The Morgan fingerprint density at radius 2 is 1.82 bits per heavy atom. The fraction of sp³-hybridized carbons (Fsp3) is 0.346. The molecule has 0 unspecified atom stereocenters. The van der Waals surface area contributed by atoms with Crippen LogP contribution in [0.4, 0.5) is 11.6 Å². The van der Waals surface area contributed by atoms with Gasteiger partial charge in [-0.25, -0.2) is 25.5 Å². The maximum Gasteiger partial charge on any atom is 0.216 e. The van der Waals surface area contributed by atoms with Crippen molar-refractivity contribution in [3.63, 3.8) is 0 Å². The molecule has 0 spiro atoms. The van der Waals surface area contributed by atoms with Gasteiger partial charge in [0.25, 0.3) is 0 Å². The molecule has 12 heteroatoms. The van der Waals surface area contributed by atoms with Gasteiger partial charge in [0.15, 0.2) is 17.4 Å². The fourth-order valence-corrected chi connectivity index (χ4v) is 4.19. The van der Waals surface area contributed by atoms with Gasteiger partial charge >= 0.3 is 0 Å². The van der Waals surface area contributed by atoms with Crippen molar-refractivity contribution in [2.24, 2.45) is 12.2 Å². The van der Waals surface area contributed by atoms with Gasteiger partial charge in [-0.3, -0.25) is 9.58 Å². The summed E-state index contributed by atoms with van der Waals surface area (Å²) in [6.07, 6.45) is 8.61. The number of aromatic nitrogens is 6. The molecule has 196 valence electrons. The zero-order valence-electron chi connectivity index (χ0n) is 21.6. The lowest BCUT2D eigenvalue weighted by Crippen LogP contribution is -2.45. The summed E-state index contributed by atoms with van der Waals surface area (Å²) in [5.74, 6) is 1.94. The molecule has 1 saturated heterocycles. The molecule has 4 aromatic rings. The van der Waals surface area contributed by atoms with Crippen molar-refractivity contribution in [3.8, 4) is 28.4 Å². The molecule has 0 atom stereocenters. The first-order valence-corrected chi connectivity index (χ1v) is 12.5. The van der Waals surface area contributed by atoms with Crippen LogP contribution in [0.2, 0.25) is 0 Å². The van der Waals surface area contributed by atoms with Gasteiger partial charge in [0.1, 0.15) is 6.61 Å². The summed E-state index contributed by atoms with van der Waals surface area (Å²) in [7, 11) is 4.00. The van der Waals surface area contributed by atoms with E-state index in [4.69, 9.17) is 10.3 Å². The van der Waals surface area contributed by atoms with Crippen molar-refractivity contribution >= 4 is 11.6 Å². The van der Waals surface area contributed by atoms with E-state index in [2.05, 4.69) is 52.3 Å². The normalized spacial score (nSPS) is 14.4. The number of rotatable bonds is 10. The second kappa shape index (κ2) is 11.8. The molecule has 0 saturated carbocycles. The number of hydrogen-bond donors (Lipinski definition) is 2. The largest absolute Gasteiger partial charge is 0.489 e.